The summed E-state index contributed by atoms with van der Waals surface area (Å²) in [7, 11) is 3.96. The second-order valence-electron chi connectivity index (χ2n) is 8.12. The number of hydrogen-bond acceptors (Lipinski definition) is 5. The lowest BCUT2D eigenvalue weighted by atomic mass is 9.96. The van der Waals surface area contributed by atoms with E-state index in [0.29, 0.717) is 6.61 Å². The van der Waals surface area contributed by atoms with Crippen molar-refractivity contribution >= 4 is 5.96 Å². The van der Waals surface area contributed by atoms with Gasteiger partial charge in [-0.2, -0.15) is 0 Å². The fraction of sp³-hybridized carbons (Fsp3) is 0.696. The number of nitrogens with zero attached hydrogens (tertiary/aromatic N) is 3. The Labute approximate surface area is 181 Å². The van der Waals surface area contributed by atoms with Crippen LogP contribution in [0, 0.1) is 5.92 Å². The molecule has 2 saturated heterocycles. The van der Waals surface area contributed by atoms with Crippen LogP contribution < -0.4 is 10.1 Å². The number of guanidine groups is 1. The van der Waals surface area contributed by atoms with Crippen molar-refractivity contribution in [3.8, 4) is 5.75 Å². The molecule has 0 spiro atoms. The maximum Gasteiger partial charge on any atom is 0.193 e. The number of morpholine rings is 1. The molecule has 0 aromatic heterocycles. The van der Waals surface area contributed by atoms with Crippen LogP contribution in [-0.2, 0) is 16.0 Å². The van der Waals surface area contributed by atoms with Crippen molar-refractivity contribution < 1.29 is 14.2 Å². The van der Waals surface area contributed by atoms with E-state index in [0.717, 1.165) is 76.8 Å². The number of nitrogens with one attached hydrogen (secondary N) is 1. The number of hydrogen-bond donors (Lipinski definition) is 1. The van der Waals surface area contributed by atoms with Crippen molar-refractivity contribution in [3.05, 3.63) is 29.8 Å². The molecule has 0 bridgehead atoms. The standard InChI is InChI=1S/C23H38N4O3/c1-24-23(26(2)9-6-20-7-13-28-14-8-20)25-19-21-4-3-5-22(18-21)30-17-12-27-10-15-29-16-11-27/h3-5,18,20H,6-17,19H2,1-2H3,(H,24,25). The summed E-state index contributed by atoms with van der Waals surface area (Å²) in [6, 6.07) is 8.31. The first-order valence-electron chi connectivity index (χ1n) is 11.3. The minimum absolute atomic E-state index is 0.702. The van der Waals surface area contributed by atoms with Crippen molar-refractivity contribution in [3.63, 3.8) is 0 Å². The van der Waals surface area contributed by atoms with Crippen molar-refractivity contribution in [1.82, 2.24) is 15.1 Å². The summed E-state index contributed by atoms with van der Waals surface area (Å²) in [5, 5.41) is 3.48. The van der Waals surface area contributed by atoms with Gasteiger partial charge < -0.3 is 24.4 Å². The highest BCUT2D eigenvalue weighted by molar-refractivity contribution is 5.79. The van der Waals surface area contributed by atoms with E-state index in [1.807, 2.05) is 13.1 Å². The summed E-state index contributed by atoms with van der Waals surface area (Å²) in [5.41, 5.74) is 1.19. The van der Waals surface area contributed by atoms with Gasteiger partial charge in [-0.25, -0.2) is 0 Å². The summed E-state index contributed by atoms with van der Waals surface area (Å²) in [4.78, 5) is 9.05. The molecule has 2 aliphatic rings. The first-order valence-corrected chi connectivity index (χ1v) is 11.3. The van der Waals surface area contributed by atoms with Crippen LogP contribution in [0.25, 0.3) is 0 Å². The first kappa shape index (κ1) is 22.8. The molecule has 1 aromatic carbocycles. The van der Waals surface area contributed by atoms with Crippen LogP contribution in [0.4, 0.5) is 0 Å². The van der Waals surface area contributed by atoms with Crippen molar-refractivity contribution in [2.75, 3.05) is 73.3 Å². The third-order valence-electron chi connectivity index (χ3n) is 5.92. The van der Waals surface area contributed by atoms with Gasteiger partial charge in [0, 0.05) is 60.0 Å². The van der Waals surface area contributed by atoms with E-state index in [-0.39, 0.29) is 0 Å². The number of rotatable bonds is 9. The molecule has 2 aliphatic heterocycles. The van der Waals surface area contributed by atoms with Crippen LogP contribution in [0.1, 0.15) is 24.8 Å². The normalized spacial score (nSPS) is 18.9. The molecule has 0 saturated carbocycles. The molecule has 0 atom stereocenters. The van der Waals surface area contributed by atoms with Gasteiger partial charge in [0.15, 0.2) is 5.96 Å². The summed E-state index contributed by atoms with van der Waals surface area (Å²) in [6.45, 7) is 8.84. The molecule has 7 nitrogen and oxygen atoms in total. The zero-order valence-electron chi connectivity index (χ0n) is 18.6. The monoisotopic (exact) mass is 418 g/mol. The Morgan fingerprint density at radius 2 is 1.97 bits per heavy atom. The van der Waals surface area contributed by atoms with Crippen molar-refractivity contribution in [2.45, 2.75) is 25.8 Å². The minimum Gasteiger partial charge on any atom is -0.492 e. The lowest BCUT2D eigenvalue weighted by molar-refractivity contribution is 0.0322. The van der Waals surface area contributed by atoms with Gasteiger partial charge in [0.2, 0.25) is 0 Å². The molecule has 3 rings (SSSR count). The highest BCUT2D eigenvalue weighted by Gasteiger charge is 2.15. The third kappa shape index (κ3) is 7.78. The minimum atomic E-state index is 0.702. The van der Waals surface area contributed by atoms with Crippen LogP contribution in [0.5, 0.6) is 5.75 Å². The van der Waals surface area contributed by atoms with Crippen LogP contribution in [-0.4, -0.2) is 89.1 Å². The Morgan fingerprint density at radius 1 is 1.20 bits per heavy atom. The molecule has 2 fully saturated rings. The van der Waals surface area contributed by atoms with Crippen molar-refractivity contribution in [2.24, 2.45) is 10.9 Å². The van der Waals surface area contributed by atoms with E-state index in [1.54, 1.807) is 0 Å². The van der Waals surface area contributed by atoms with E-state index in [1.165, 1.54) is 24.8 Å². The van der Waals surface area contributed by atoms with Gasteiger partial charge in [-0.05, 0) is 42.9 Å². The summed E-state index contributed by atoms with van der Waals surface area (Å²) >= 11 is 0. The predicted octanol–water partition coefficient (Wildman–Crippen LogP) is 2.22. The van der Waals surface area contributed by atoms with Gasteiger partial charge in [0.1, 0.15) is 12.4 Å². The van der Waals surface area contributed by atoms with E-state index in [2.05, 4.69) is 45.4 Å². The molecule has 0 unspecified atom stereocenters. The molecule has 1 N–H and O–H groups in total. The van der Waals surface area contributed by atoms with E-state index < -0.39 is 0 Å². The molecule has 0 amide bonds. The van der Waals surface area contributed by atoms with Gasteiger partial charge in [-0.1, -0.05) is 12.1 Å². The van der Waals surface area contributed by atoms with Gasteiger partial charge in [0.05, 0.1) is 13.2 Å². The molecule has 0 aliphatic carbocycles. The number of benzene rings is 1. The lowest BCUT2D eigenvalue weighted by Crippen LogP contribution is -2.39. The smallest absolute Gasteiger partial charge is 0.193 e. The molecular weight excluding hydrogens is 380 g/mol. The first-order chi connectivity index (χ1) is 14.7. The van der Waals surface area contributed by atoms with Crippen molar-refractivity contribution in [1.29, 1.82) is 0 Å². The topological polar surface area (TPSA) is 58.6 Å². The zero-order valence-corrected chi connectivity index (χ0v) is 18.6. The van der Waals surface area contributed by atoms with Gasteiger partial charge >= 0.3 is 0 Å². The molecule has 1 aromatic rings. The maximum atomic E-state index is 5.97. The fourth-order valence-electron chi connectivity index (χ4n) is 3.95. The summed E-state index contributed by atoms with van der Waals surface area (Å²) in [5.74, 6) is 2.62. The van der Waals surface area contributed by atoms with E-state index in [4.69, 9.17) is 14.2 Å². The summed E-state index contributed by atoms with van der Waals surface area (Å²) < 4.78 is 16.8. The molecular formula is C23H38N4O3. The molecule has 0 radical (unpaired) electrons. The SMILES string of the molecule is CN=C(NCc1cccc(OCCN2CCOCC2)c1)N(C)CCC1CCOCC1. The van der Waals surface area contributed by atoms with Crippen LogP contribution in [0.15, 0.2) is 29.3 Å². The number of ether oxygens (including phenoxy) is 3. The Bertz CT molecular complexity index is 643. The summed E-state index contributed by atoms with van der Waals surface area (Å²) in [6.07, 6.45) is 3.55. The van der Waals surface area contributed by atoms with Crippen LogP contribution >= 0.6 is 0 Å². The second kappa shape index (κ2) is 12.8. The third-order valence-corrected chi connectivity index (χ3v) is 5.92. The van der Waals surface area contributed by atoms with Crippen LogP contribution in [0.2, 0.25) is 0 Å². The molecule has 168 valence electrons. The quantitative estimate of drug-likeness (QED) is 0.490. The fourth-order valence-corrected chi connectivity index (χ4v) is 3.95. The average Bonchev–Trinajstić information content (AvgIpc) is 2.80. The Morgan fingerprint density at radius 3 is 2.73 bits per heavy atom. The van der Waals surface area contributed by atoms with Gasteiger partial charge in [0.25, 0.3) is 0 Å². The highest BCUT2D eigenvalue weighted by atomic mass is 16.5. The zero-order chi connectivity index (χ0) is 21.0. The number of aliphatic imine (C=N–C) groups is 1. The molecule has 7 heteroatoms. The molecule has 30 heavy (non-hydrogen) atoms. The highest BCUT2D eigenvalue weighted by Crippen LogP contribution is 2.18. The maximum absolute atomic E-state index is 5.97. The van der Waals surface area contributed by atoms with Crippen LogP contribution in [0.3, 0.4) is 0 Å². The second-order valence-corrected chi connectivity index (χ2v) is 8.12. The molecule has 2 heterocycles. The van der Waals surface area contributed by atoms with Gasteiger partial charge in [-0.3, -0.25) is 9.89 Å². The predicted molar refractivity (Wildman–Crippen MR) is 120 cm³/mol. The van der Waals surface area contributed by atoms with E-state index in [9.17, 15) is 0 Å². The average molecular weight is 419 g/mol. The van der Waals surface area contributed by atoms with E-state index >= 15 is 0 Å². The van der Waals surface area contributed by atoms with Gasteiger partial charge in [-0.15, -0.1) is 0 Å². The largest absolute Gasteiger partial charge is 0.492 e. The Kier molecular flexibility index (Phi) is 9.73. The Balaban J connectivity index is 1.39. The Hall–Kier alpha value is -1.83. The lowest BCUT2D eigenvalue weighted by Gasteiger charge is -2.27.